The molecule has 0 unspecified atom stereocenters. The van der Waals surface area contributed by atoms with Crippen molar-refractivity contribution in [1.82, 2.24) is 30.1 Å². The number of rotatable bonds is 3. The molecule has 1 N–H and O–H groups in total. The number of fused-ring (bicyclic) bond motifs is 1. The van der Waals surface area contributed by atoms with Crippen LogP contribution in [0.1, 0.15) is 11.4 Å². The number of aromatic nitrogens is 6. The third kappa shape index (κ3) is 2.56. The Morgan fingerprint density at radius 2 is 1.88 bits per heavy atom. The summed E-state index contributed by atoms with van der Waals surface area (Å²) >= 11 is 6.04. The van der Waals surface area contributed by atoms with Crippen LogP contribution in [-0.4, -0.2) is 30.1 Å². The fourth-order valence-corrected chi connectivity index (χ4v) is 2.60. The van der Waals surface area contributed by atoms with Crippen molar-refractivity contribution in [2.75, 3.05) is 5.32 Å². The Morgan fingerprint density at radius 3 is 2.58 bits per heavy atom. The van der Waals surface area contributed by atoms with Crippen LogP contribution in [0.4, 0.5) is 11.5 Å². The average Bonchev–Trinajstić information content (AvgIpc) is 3.12. The zero-order chi connectivity index (χ0) is 16.7. The van der Waals surface area contributed by atoms with E-state index in [2.05, 4.69) is 30.7 Å². The Balaban J connectivity index is 1.89. The van der Waals surface area contributed by atoms with Crippen LogP contribution in [0.25, 0.3) is 17.1 Å². The number of halogens is 1. The number of hydrogen-bond acceptors (Lipinski definition) is 7. The molecule has 24 heavy (non-hydrogen) atoms. The Bertz CT molecular complexity index is 1040. The molecular formula is C15H12ClN7O. The summed E-state index contributed by atoms with van der Waals surface area (Å²) in [6.45, 7) is 3.85. The molecule has 0 aliphatic heterocycles. The van der Waals surface area contributed by atoms with Crippen LogP contribution in [-0.2, 0) is 0 Å². The molecule has 0 aliphatic carbocycles. The summed E-state index contributed by atoms with van der Waals surface area (Å²) in [4.78, 5) is 8.92. The fraction of sp³-hybridized carbons (Fsp3) is 0.133. The first-order valence-corrected chi connectivity index (χ1v) is 7.54. The first kappa shape index (κ1) is 14.6. The zero-order valence-electron chi connectivity index (χ0n) is 12.9. The van der Waals surface area contributed by atoms with Gasteiger partial charge < -0.3 is 5.32 Å². The predicted molar refractivity (Wildman–Crippen MR) is 88.7 cm³/mol. The number of anilines is 2. The van der Waals surface area contributed by atoms with Gasteiger partial charge in [0.15, 0.2) is 11.6 Å². The van der Waals surface area contributed by atoms with Crippen LogP contribution < -0.4 is 5.32 Å². The van der Waals surface area contributed by atoms with E-state index in [9.17, 15) is 0 Å². The minimum absolute atomic E-state index is 0.310. The molecule has 4 aromatic rings. The molecule has 4 rings (SSSR count). The number of nitrogens with one attached hydrogen (secondary N) is 1. The lowest BCUT2D eigenvalue weighted by Gasteiger charge is -2.11. The van der Waals surface area contributed by atoms with E-state index in [-0.39, 0.29) is 0 Å². The third-order valence-corrected chi connectivity index (χ3v) is 3.63. The van der Waals surface area contributed by atoms with Crippen molar-refractivity contribution in [3.63, 3.8) is 0 Å². The summed E-state index contributed by atoms with van der Waals surface area (Å²) in [7, 11) is 0. The topological polar surface area (TPSA) is 94.5 Å². The molecule has 1 aromatic carbocycles. The highest BCUT2D eigenvalue weighted by molar-refractivity contribution is 6.30. The Kier molecular flexibility index (Phi) is 3.39. The summed E-state index contributed by atoms with van der Waals surface area (Å²) in [6, 6.07) is 9.27. The van der Waals surface area contributed by atoms with Crippen molar-refractivity contribution in [2.45, 2.75) is 13.8 Å². The van der Waals surface area contributed by atoms with Crippen molar-refractivity contribution in [1.29, 1.82) is 0 Å². The predicted octanol–water partition coefficient (Wildman–Crippen LogP) is 3.21. The van der Waals surface area contributed by atoms with E-state index in [0.29, 0.717) is 28.0 Å². The van der Waals surface area contributed by atoms with Gasteiger partial charge in [-0.15, -0.1) is 0 Å². The van der Waals surface area contributed by atoms with Crippen LogP contribution in [0.2, 0.25) is 5.02 Å². The van der Waals surface area contributed by atoms with Crippen molar-refractivity contribution in [3.05, 3.63) is 46.7 Å². The van der Waals surface area contributed by atoms with Crippen LogP contribution in [0, 0.1) is 13.8 Å². The minimum atomic E-state index is 0.310. The van der Waals surface area contributed by atoms with Gasteiger partial charge in [-0.1, -0.05) is 17.7 Å². The highest BCUT2D eigenvalue weighted by Gasteiger charge is 2.17. The lowest BCUT2D eigenvalue weighted by molar-refractivity contribution is 0.314. The van der Waals surface area contributed by atoms with Gasteiger partial charge in [0.25, 0.3) is 0 Å². The van der Waals surface area contributed by atoms with Gasteiger partial charge in [-0.25, -0.2) is 14.3 Å². The summed E-state index contributed by atoms with van der Waals surface area (Å²) in [5.74, 6) is 0.982. The minimum Gasteiger partial charge on any atom is -0.337 e. The maximum atomic E-state index is 6.04. The quantitative estimate of drug-likeness (QED) is 0.611. The van der Waals surface area contributed by atoms with Gasteiger partial charge in [-0.3, -0.25) is 0 Å². The maximum Gasteiger partial charge on any atom is 0.245 e. The Labute approximate surface area is 141 Å². The van der Waals surface area contributed by atoms with E-state index in [0.717, 1.165) is 17.1 Å². The Morgan fingerprint density at radius 1 is 1.08 bits per heavy atom. The van der Waals surface area contributed by atoms with E-state index in [4.69, 9.17) is 16.2 Å². The van der Waals surface area contributed by atoms with Gasteiger partial charge in [0.05, 0.1) is 5.69 Å². The van der Waals surface area contributed by atoms with Gasteiger partial charge >= 0.3 is 0 Å². The van der Waals surface area contributed by atoms with Crippen LogP contribution in [0.3, 0.4) is 0 Å². The SMILES string of the molecule is Cc1cc(C)n(-c2nc3nonc3nc2Nc2cccc(Cl)c2)n1. The number of hydrogen-bond donors (Lipinski definition) is 1. The molecule has 0 amide bonds. The van der Waals surface area contributed by atoms with Gasteiger partial charge in [-0.05, 0) is 48.4 Å². The van der Waals surface area contributed by atoms with E-state index in [1.54, 1.807) is 16.8 Å². The molecule has 8 nitrogen and oxygen atoms in total. The smallest absolute Gasteiger partial charge is 0.245 e. The third-order valence-electron chi connectivity index (χ3n) is 3.39. The fourth-order valence-electron chi connectivity index (χ4n) is 2.41. The molecule has 0 aliphatic rings. The molecule has 3 heterocycles. The summed E-state index contributed by atoms with van der Waals surface area (Å²) in [5.41, 5.74) is 3.20. The molecular weight excluding hydrogens is 330 g/mol. The summed E-state index contributed by atoms with van der Waals surface area (Å²) in [6.07, 6.45) is 0. The Hall–Kier alpha value is -3.00. The van der Waals surface area contributed by atoms with Crippen LogP contribution >= 0.6 is 11.6 Å². The van der Waals surface area contributed by atoms with Crippen molar-refractivity contribution in [2.24, 2.45) is 0 Å². The maximum absolute atomic E-state index is 6.04. The largest absolute Gasteiger partial charge is 0.337 e. The van der Waals surface area contributed by atoms with Gasteiger partial charge in [-0.2, -0.15) is 10.1 Å². The summed E-state index contributed by atoms with van der Waals surface area (Å²) < 4.78 is 6.41. The van der Waals surface area contributed by atoms with Crippen molar-refractivity contribution in [3.8, 4) is 5.82 Å². The lowest BCUT2D eigenvalue weighted by atomic mass is 10.3. The molecule has 9 heteroatoms. The van der Waals surface area contributed by atoms with E-state index in [1.807, 2.05) is 32.0 Å². The molecule has 0 fully saturated rings. The van der Waals surface area contributed by atoms with Crippen LogP contribution in [0.15, 0.2) is 35.0 Å². The van der Waals surface area contributed by atoms with Crippen molar-refractivity contribution >= 4 is 34.4 Å². The second-order valence-corrected chi connectivity index (χ2v) is 5.72. The van der Waals surface area contributed by atoms with Gasteiger partial charge in [0.1, 0.15) is 0 Å². The number of benzene rings is 1. The molecule has 0 spiro atoms. The molecule has 0 saturated carbocycles. The van der Waals surface area contributed by atoms with E-state index >= 15 is 0 Å². The molecule has 120 valence electrons. The van der Waals surface area contributed by atoms with Crippen LogP contribution in [0.5, 0.6) is 0 Å². The first-order chi connectivity index (χ1) is 11.6. The molecule has 0 atom stereocenters. The average molecular weight is 342 g/mol. The highest BCUT2D eigenvalue weighted by atomic mass is 35.5. The monoisotopic (exact) mass is 341 g/mol. The van der Waals surface area contributed by atoms with Crippen molar-refractivity contribution < 1.29 is 4.63 Å². The van der Waals surface area contributed by atoms with E-state index < -0.39 is 0 Å². The first-order valence-electron chi connectivity index (χ1n) is 7.17. The molecule has 0 bridgehead atoms. The van der Waals surface area contributed by atoms with E-state index in [1.165, 1.54) is 0 Å². The zero-order valence-corrected chi connectivity index (χ0v) is 13.6. The summed E-state index contributed by atoms with van der Waals surface area (Å²) in [5, 5.41) is 15.8. The number of nitrogens with zero attached hydrogens (tertiary/aromatic N) is 6. The normalized spacial score (nSPS) is 11.1. The molecule has 3 aromatic heterocycles. The lowest BCUT2D eigenvalue weighted by Crippen LogP contribution is -2.08. The van der Waals surface area contributed by atoms with Gasteiger partial charge in [0, 0.05) is 16.4 Å². The van der Waals surface area contributed by atoms with Gasteiger partial charge in [0.2, 0.25) is 11.3 Å². The highest BCUT2D eigenvalue weighted by Crippen LogP contribution is 2.25. The molecule has 0 saturated heterocycles. The second-order valence-electron chi connectivity index (χ2n) is 5.28. The number of aryl methyl sites for hydroxylation is 2. The standard InChI is InChI=1S/C15H12ClN7O/c1-8-6-9(2)23(20-8)15-14(17-11-5-3-4-10(16)7-11)18-12-13(19-15)22-24-21-12/h3-7H,1-2H3,(H,17,18,21). The second kappa shape index (κ2) is 5.57. The molecule has 0 radical (unpaired) electrons.